The van der Waals surface area contributed by atoms with Gasteiger partial charge in [0.15, 0.2) is 0 Å². The summed E-state index contributed by atoms with van der Waals surface area (Å²) in [7, 11) is 1.49. The molecule has 1 aliphatic rings. The van der Waals surface area contributed by atoms with Crippen molar-refractivity contribution < 1.29 is 9.59 Å². The number of imide groups is 1. The van der Waals surface area contributed by atoms with Crippen LogP contribution in [0.15, 0.2) is 36.4 Å². The van der Waals surface area contributed by atoms with Crippen LogP contribution in [-0.2, 0) is 0 Å². The molecule has 5 heteroatoms. The highest BCUT2D eigenvalue weighted by atomic mass is 16.2. The fourth-order valence-electron chi connectivity index (χ4n) is 2.42. The number of nitrogens with zero attached hydrogens (tertiary/aromatic N) is 1. The Labute approximate surface area is 122 Å². The Morgan fingerprint density at radius 2 is 1.71 bits per heavy atom. The van der Waals surface area contributed by atoms with Crippen molar-refractivity contribution in [1.29, 1.82) is 0 Å². The van der Waals surface area contributed by atoms with Crippen LogP contribution in [0.4, 0.5) is 17.1 Å². The molecule has 3 rings (SSSR count). The summed E-state index contributed by atoms with van der Waals surface area (Å²) in [4.78, 5) is 25.0. The highest BCUT2D eigenvalue weighted by Crippen LogP contribution is 2.28. The van der Waals surface area contributed by atoms with E-state index >= 15 is 0 Å². The largest absolute Gasteiger partial charge is 0.399 e. The quantitative estimate of drug-likeness (QED) is 0.655. The smallest absolute Gasteiger partial charge is 0.261 e. The molecule has 0 bridgehead atoms. The minimum Gasteiger partial charge on any atom is -0.399 e. The van der Waals surface area contributed by atoms with Gasteiger partial charge in [-0.3, -0.25) is 14.5 Å². The van der Waals surface area contributed by atoms with Gasteiger partial charge in [-0.15, -0.1) is 0 Å². The minimum absolute atomic E-state index is 0.259. The maximum Gasteiger partial charge on any atom is 0.261 e. The van der Waals surface area contributed by atoms with Crippen LogP contribution in [-0.4, -0.2) is 23.8 Å². The Morgan fingerprint density at radius 3 is 2.43 bits per heavy atom. The van der Waals surface area contributed by atoms with Gasteiger partial charge in [0.25, 0.3) is 11.8 Å². The van der Waals surface area contributed by atoms with E-state index < -0.39 is 0 Å². The summed E-state index contributed by atoms with van der Waals surface area (Å²) in [5.41, 5.74) is 9.99. The van der Waals surface area contributed by atoms with E-state index in [0.717, 1.165) is 21.8 Å². The van der Waals surface area contributed by atoms with Gasteiger partial charge >= 0.3 is 0 Å². The van der Waals surface area contributed by atoms with Crippen molar-refractivity contribution in [3.63, 3.8) is 0 Å². The van der Waals surface area contributed by atoms with E-state index in [-0.39, 0.29) is 11.8 Å². The molecule has 0 unspecified atom stereocenters. The molecule has 1 aliphatic heterocycles. The average Bonchev–Trinajstić information content (AvgIpc) is 2.67. The summed E-state index contributed by atoms with van der Waals surface area (Å²) < 4.78 is 0. The van der Waals surface area contributed by atoms with E-state index in [2.05, 4.69) is 5.32 Å². The van der Waals surface area contributed by atoms with E-state index in [1.165, 1.54) is 7.05 Å². The van der Waals surface area contributed by atoms with Crippen molar-refractivity contribution in [3.8, 4) is 0 Å². The molecule has 21 heavy (non-hydrogen) atoms. The summed E-state index contributed by atoms with van der Waals surface area (Å²) in [6.45, 7) is 1.95. The van der Waals surface area contributed by atoms with Gasteiger partial charge in [-0.25, -0.2) is 0 Å². The second kappa shape index (κ2) is 4.63. The lowest BCUT2D eigenvalue weighted by atomic mass is 10.1. The van der Waals surface area contributed by atoms with Gasteiger partial charge < -0.3 is 11.1 Å². The Morgan fingerprint density at radius 1 is 1.00 bits per heavy atom. The first-order valence-corrected chi connectivity index (χ1v) is 6.57. The average molecular weight is 281 g/mol. The van der Waals surface area contributed by atoms with Gasteiger partial charge in [0.1, 0.15) is 0 Å². The highest BCUT2D eigenvalue weighted by Gasteiger charge is 2.32. The molecule has 5 nitrogen and oxygen atoms in total. The zero-order chi connectivity index (χ0) is 15.1. The Kier molecular flexibility index (Phi) is 2.90. The van der Waals surface area contributed by atoms with Crippen molar-refractivity contribution in [2.75, 3.05) is 18.1 Å². The number of carbonyl (C=O) groups excluding carboxylic acids is 2. The number of hydrogen-bond donors (Lipinski definition) is 2. The summed E-state index contributed by atoms with van der Waals surface area (Å²) >= 11 is 0. The van der Waals surface area contributed by atoms with Crippen molar-refractivity contribution in [2.24, 2.45) is 0 Å². The summed E-state index contributed by atoms with van der Waals surface area (Å²) in [5.74, 6) is -0.530. The SMILES string of the molecule is Cc1cc(N)ccc1Nc1ccc2c(c1)C(=O)N(C)C2=O. The van der Waals surface area contributed by atoms with Crippen LogP contribution in [0.2, 0.25) is 0 Å². The first-order chi connectivity index (χ1) is 9.97. The molecule has 0 aromatic heterocycles. The molecule has 0 saturated heterocycles. The maximum atomic E-state index is 12.0. The van der Waals surface area contributed by atoms with Crippen molar-refractivity contribution in [3.05, 3.63) is 53.1 Å². The van der Waals surface area contributed by atoms with Gasteiger partial charge in [-0.1, -0.05) is 0 Å². The van der Waals surface area contributed by atoms with Crippen LogP contribution in [0.5, 0.6) is 0 Å². The first kappa shape index (κ1) is 13.2. The fraction of sp³-hybridized carbons (Fsp3) is 0.125. The lowest BCUT2D eigenvalue weighted by Gasteiger charge is -2.10. The number of nitrogens with one attached hydrogen (secondary N) is 1. The third-order valence-electron chi connectivity index (χ3n) is 3.62. The summed E-state index contributed by atoms with van der Waals surface area (Å²) in [5, 5.41) is 3.24. The third-order valence-corrected chi connectivity index (χ3v) is 3.62. The number of nitrogen functional groups attached to an aromatic ring is 1. The molecule has 0 spiro atoms. The van der Waals surface area contributed by atoms with Crippen LogP contribution in [0, 0.1) is 6.92 Å². The number of nitrogens with two attached hydrogens (primary N) is 1. The van der Waals surface area contributed by atoms with Crippen molar-refractivity contribution >= 4 is 28.9 Å². The standard InChI is InChI=1S/C16H15N3O2/c1-9-7-10(17)3-6-14(9)18-11-4-5-12-13(8-11)16(21)19(2)15(12)20/h3-8,18H,17H2,1-2H3. The zero-order valence-corrected chi connectivity index (χ0v) is 11.8. The molecule has 106 valence electrons. The van der Waals surface area contributed by atoms with Gasteiger partial charge in [-0.05, 0) is 48.9 Å². The number of rotatable bonds is 2. The molecule has 0 saturated carbocycles. The van der Waals surface area contributed by atoms with Crippen LogP contribution in [0.1, 0.15) is 26.3 Å². The highest BCUT2D eigenvalue weighted by molar-refractivity contribution is 6.21. The predicted octanol–water partition coefficient (Wildman–Crippen LogP) is 2.55. The molecule has 2 amide bonds. The number of anilines is 3. The second-order valence-electron chi connectivity index (χ2n) is 5.13. The Balaban J connectivity index is 1.95. The summed E-state index contributed by atoms with van der Waals surface area (Å²) in [6.07, 6.45) is 0. The van der Waals surface area contributed by atoms with E-state index in [1.54, 1.807) is 18.2 Å². The van der Waals surface area contributed by atoms with Gasteiger partial charge in [-0.2, -0.15) is 0 Å². The van der Waals surface area contributed by atoms with Crippen molar-refractivity contribution in [1.82, 2.24) is 4.90 Å². The van der Waals surface area contributed by atoms with E-state index in [1.807, 2.05) is 25.1 Å². The number of amides is 2. The Hall–Kier alpha value is -2.82. The molecule has 0 atom stereocenters. The lowest BCUT2D eigenvalue weighted by molar-refractivity contribution is 0.0693. The number of fused-ring (bicyclic) bond motifs is 1. The summed E-state index contributed by atoms with van der Waals surface area (Å²) in [6, 6.07) is 10.7. The molecule has 0 fully saturated rings. The second-order valence-corrected chi connectivity index (χ2v) is 5.13. The molecule has 0 radical (unpaired) electrons. The topological polar surface area (TPSA) is 75.4 Å². The molecular formula is C16H15N3O2. The van der Waals surface area contributed by atoms with Crippen LogP contribution in [0.25, 0.3) is 0 Å². The number of hydrogen-bond acceptors (Lipinski definition) is 4. The van der Waals surface area contributed by atoms with Crippen LogP contribution < -0.4 is 11.1 Å². The molecule has 1 heterocycles. The van der Waals surface area contributed by atoms with E-state index in [9.17, 15) is 9.59 Å². The number of benzene rings is 2. The first-order valence-electron chi connectivity index (χ1n) is 6.57. The van der Waals surface area contributed by atoms with E-state index in [0.29, 0.717) is 16.8 Å². The van der Waals surface area contributed by atoms with Crippen LogP contribution in [0.3, 0.4) is 0 Å². The molecule has 0 aliphatic carbocycles. The third kappa shape index (κ3) is 2.12. The van der Waals surface area contributed by atoms with Crippen molar-refractivity contribution in [2.45, 2.75) is 6.92 Å². The van der Waals surface area contributed by atoms with Gasteiger partial charge in [0.05, 0.1) is 11.1 Å². The number of aryl methyl sites for hydroxylation is 1. The normalized spacial score (nSPS) is 13.5. The maximum absolute atomic E-state index is 12.0. The van der Waals surface area contributed by atoms with Crippen LogP contribution >= 0.6 is 0 Å². The Bertz CT molecular complexity index is 768. The molecule has 2 aromatic carbocycles. The molecular weight excluding hydrogens is 266 g/mol. The lowest BCUT2D eigenvalue weighted by Crippen LogP contribution is -2.24. The monoisotopic (exact) mass is 281 g/mol. The molecule has 2 aromatic rings. The zero-order valence-electron chi connectivity index (χ0n) is 11.8. The predicted molar refractivity (Wildman–Crippen MR) is 81.7 cm³/mol. The fourth-order valence-corrected chi connectivity index (χ4v) is 2.42. The van der Waals surface area contributed by atoms with Gasteiger partial charge in [0.2, 0.25) is 0 Å². The number of carbonyl (C=O) groups is 2. The van der Waals surface area contributed by atoms with Gasteiger partial charge in [0, 0.05) is 24.1 Å². The minimum atomic E-state index is -0.271. The molecule has 3 N–H and O–H groups in total. The van der Waals surface area contributed by atoms with E-state index in [4.69, 9.17) is 5.73 Å².